The van der Waals surface area contributed by atoms with Crippen LogP contribution in [0.4, 0.5) is 5.69 Å². The summed E-state index contributed by atoms with van der Waals surface area (Å²) in [6, 6.07) is 9.46. The topological polar surface area (TPSA) is 15.3 Å². The number of rotatable bonds is 3. The Bertz CT molecular complexity index is 341. The van der Waals surface area contributed by atoms with Gasteiger partial charge in [-0.05, 0) is 57.8 Å². The molecule has 1 atom stereocenters. The molecule has 0 radical (unpaired) electrons. The molecule has 2 nitrogen and oxygen atoms in total. The minimum absolute atomic E-state index is 0.705. The van der Waals surface area contributed by atoms with Gasteiger partial charge in [0.2, 0.25) is 0 Å². The third-order valence-electron chi connectivity index (χ3n) is 3.75. The predicted molar refractivity (Wildman–Crippen MR) is 74.7 cm³/mol. The van der Waals surface area contributed by atoms with Crippen molar-refractivity contribution in [1.82, 2.24) is 5.32 Å². The van der Waals surface area contributed by atoms with Crippen molar-refractivity contribution in [3.8, 4) is 0 Å². The minimum Gasteiger partial charge on any atom is -0.369 e. The Labute approximate surface area is 105 Å². The third kappa shape index (κ3) is 3.01. The molecule has 0 amide bonds. The number of anilines is 1. The molecule has 0 saturated carbocycles. The summed E-state index contributed by atoms with van der Waals surface area (Å²) in [6.07, 6.45) is 3.88. The first kappa shape index (κ1) is 12.4. The lowest BCUT2D eigenvalue weighted by atomic mass is 10.0. The maximum atomic E-state index is 3.50. The standard InChI is InChI=1S/C15H24N2/c1-3-17(14-8-6-11-16-12-10-14)15-9-5-4-7-13(15)2/h4-5,7,9,14,16H,3,6,8,10-12H2,1-2H3. The van der Waals surface area contributed by atoms with E-state index in [2.05, 4.69) is 48.3 Å². The van der Waals surface area contributed by atoms with E-state index in [1.807, 2.05) is 0 Å². The highest BCUT2D eigenvalue weighted by molar-refractivity contribution is 5.53. The molecule has 0 aliphatic carbocycles. The Hall–Kier alpha value is -1.02. The maximum Gasteiger partial charge on any atom is 0.0398 e. The fraction of sp³-hybridized carbons (Fsp3) is 0.600. The molecular weight excluding hydrogens is 208 g/mol. The molecule has 0 spiro atoms. The minimum atomic E-state index is 0.705. The van der Waals surface area contributed by atoms with E-state index in [9.17, 15) is 0 Å². The molecule has 17 heavy (non-hydrogen) atoms. The number of nitrogens with zero attached hydrogens (tertiary/aromatic N) is 1. The average Bonchev–Trinajstić information content (AvgIpc) is 2.62. The van der Waals surface area contributed by atoms with E-state index in [0.717, 1.165) is 13.1 Å². The second-order valence-electron chi connectivity index (χ2n) is 4.91. The molecule has 94 valence electrons. The van der Waals surface area contributed by atoms with Crippen molar-refractivity contribution in [1.29, 1.82) is 0 Å². The van der Waals surface area contributed by atoms with E-state index in [1.165, 1.54) is 37.1 Å². The summed E-state index contributed by atoms with van der Waals surface area (Å²) < 4.78 is 0. The number of aryl methyl sites for hydroxylation is 1. The summed E-state index contributed by atoms with van der Waals surface area (Å²) in [7, 11) is 0. The fourth-order valence-electron chi connectivity index (χ4n) is 2.82. The van der Waals surface area contributed by atoms with Crippen molar-refractivity contribution >= 4 is 5.69 Å². The lowest BCUT2D eigenvalue weighted by Gasteiger charge is -2.33. The molecule has 1 aliphatic heterocycles. The van der Waals surface area contributed by atoms with Crippen molar-refractivity contribution in [3.63, 3.8) is 0 Å². The molecule has 1 fully saturated rings. The van der Waals surface area contributed by atoms with Gasteiger partial charge in [-0.1, -0.05) is 18.2 Å². The van der Waals surface area contributed by atoms with Crippen LogP contribution in [-0.2, 0) is 0 Å². The first-order valence-corrected chi connectivity index (χ1v) is 6.86. The van der Waals surface area contributed by atoms with E-state index in [1.54, 1.807) is 0 Å². The van der Waals surface area contributed by atoms with Crippen molar-refractivity contribution < 1.29 is 0 Å². The van der Waals surface area contributed by atoms with Gasteiger partial charge < -0.3 is 10.2 Å². The number of hydrogen-bond acceptors (Lipinski definition) is 2. The van der Waals surface area contributed by atoms with Crippen molar-refractivity contribution in [2.45, 2.75) is 39.2 Å². The van der Waals surface area contributed by atoms with Gasteiger partial charge in [0.05, 0.1) is 0 Å². The second-order valence-corrected chi connectivity index (χ2v) is 4.91. The highest BCUT2D eigenvalue weighted by Crippen LogP contribution is 2.25. The smallest absolute Gasteiger partial charge is 0.0398 e. The number of nitrogens with one attached hydrogen (secondary N) is 1. The lowest BCUT2D eigenvalue weighted by molar-refractivity contribution is 0.544. The van der Waals surface area contributed by atoms with Crippen LogP contribution in [0.3, 0.4) is 0 Å². The predicted octanol–water partition coefficient (Wildman–Crippen LogP) is 2.96. The van der Waals surface area contributed by atoms with Gasteiger partial charge in [0.25, 0.3) is 0 Å². The zero-order chi connectivity index (χ0) is 12.1. The summed E-state index contributed by atoms with van der Waals surface area (Å²) in [6.45, 7) is 7.93. The summed E-state index contributed by atoms with van der Waals surface area (Å²) in [4.78, 5) is 2.59. The van der Waals surface area contributed by atoms with Crippen LogP contribution in [0.25, 0.3) is 0 Å². The fourth-order valence-corrected chi connectivity index (χ4v) is 2.82. The highest BCUT2D eigenvalue weighted by Gasteiger charge is 2.19. The van der Waals surface area contributed by atoms with Gasteiger partial charge in [-0.3, -0.25) is 0 Å². The average molecular weight is 232 g/mol. The zero-order valence-electron chi connectivity index (χ0n) is 11.1. The van der Waals surface area contributed by atoms with Crippen LogP contribution in [0.1, 0.15) is 31.7 Å². The van der Waals surface area contributed by atoms with Crippen LogP contribution in [0.2, 0.25) is 0 Å². The molecule has 1 unspecified atom stereocenters. The van der Waals surface area contributed by atoms with Gasteiger partial charge in [-0.25, -0.2) is 0 Å². The van der Waals surface area contributed by atoms with Gasteiger partial charge in [0.1, 0.15) is 0 Å². The Kier molecular flexibility index (Phi) is 4.43. The molecular formula is C15H24N2. The first-order chi connectivity index (χ1) is 8.33. The van der Waals surface area contributed by atoms with Crippen molar-refractivity contribution in [2.24, 2.45) is 0 Å². The molecule has 2 rings (SSSR count). The van der Waals surface area contributed by atoms with Gasteiger partial charge >= 0.3 is 0 Å². The van der Waals surface area contributed by atoms with Gasteiger partial charge in [-0.15, -0.1) is 0 Å². The molecule has 1 aliphatic rings. The number of benzene rings is 1. The Morgan fingerprint density at radius 1 is 1.24 bits per heavy atom. The quantitative estimate of drug-likeness (QED) is 0.862. The maximum absolute atomic E-state index is 3.50. The Morgan fingerprint density at radius 2 is 2.06 bits per heavy atom. The molecule has 1 saturated heterocycles. The van der Waals surface area contributed by atoms with Crippen LogP contribution in [0.5, 0.6) is 0 Å². The second kappa shape index (κ2) is 6.06. The number of para-hydroxylation sites is 1. The van der Waals surface area contributed by atoms with Crippen LogP contribution >= 0.6 is 0 Å². The van der Waals surface area contributed by atoms with Crippen molar-refractivity contribution in [3.05, 3.63) is 29.8 Å². The third-order valence-corrected chi connectivity index (χ3v) is 3.75. The van der Waals surface area contributed by atoms with Gasteiger partial charge in [-0.2, -0.15) is 0 Å². The monoisotopic (exact) mass is 232 g/mol. The molecule has 1 N–H and O–H groups in total. The van der Waals surface area contributed by atoms with Crippen LogP contribution in [0.15, 0.2) is 24.3 Å². The van der Waals surface area contributed by atoms with E-state index >= 15 is 0 Å². The largest absolute Gasteiger partial charge is 0.369 e. The van der Waals surface area contributed by atoms with Gasteiger partial charge in [0, 0.05) is 18.3 Å². The zero-order valence-corrected chi connectivity index (χ0v) is 11.1. The Balaban J connectivity index is 2.17. The van der Waals surface area contributed by atoms with E-state index in [0.29, 0.717) is 6.04 Å². The summed E-state index contributed by atoms with van der Waals surface area (Å²) in [5.74, 6) is 0. The van der Waals surface area contributed by atoms with E-state index in [-0.39, 0.29) is 0 Å². The summed E-state index contributed by atoms with van der Waals surface area (Å²) in [5.41, 5.74) is 2.81. The number of hydrogen-bond donors (Lipinski definition) is 1. The van der Waals surface area contributed by atoms with Crippen LogP contribution in [0, 0.1) is 6.92 Å². The first-order valence-electron chi connectivity index (χ1n) is 6.86. The molecule has 2 heteroatoms. The van der Waals surface area contributed by atoms with Gasteiger partial charge in [0.15, 0.2) is 0 Å². The molecule has 0 aromatic heterocycles. The summed E-state index contributed by atoms with van der Waals surface area (Å²) in [5, 5.41) is 3.50. The molecule has 1 heterocycles. The Morgan fingerprint density at radius 3 is 2.82 bits per heavy atom. The molecule has 1 aromatic rings. The van der Waals surface area contributed by atoms with E-state index in [4.69, 9.17) is 0 Å². The normalized spacial score (nSPS) is 20.9. The lowest BCUT2D eigenvalue weighted by Crippen LogP contribution is -2.36. The molecule has 1 aromatic carbocycles. The van der Waals surface area contributed by atoms with E-state index < -0.39 is 0 Å². The van der Waals surface area contributed by atoms with Crippen LogP contribution in [-0.4, -0.2) is 25.7 Å². The highest BCUT2D eigenvalue weighted by atomic mass is 15.2. The SMILES string of the molecule is CCN(c1ccccc1C)C1CCCNCC1. The van der Waals surface area contributed by atoms with Crippen LogP contribution < -0.4 is 10.2 Å². The van der Waals surface area contributed by atoms with Crippen molar-refractivity contribution in [2.75, 3.05) is 24.5 Å². The molecule has 0 bridgehead atoms. The summed E-state index contributed by atoms with van der Waals surface area (Å²) >= 11 is 0.